The van der Waals surface area contributed by atoms with Gasteiger partial charge in [0, 0.05) is 12.1 Å². The number of nitrogens with zero attached hydrogens (tertiary/aromatic N) is 1. The summed E-state index contributed by atoms with van der Waals surface area (Å²) in [7, 11) is 0. The molecule has 0 aliphatic rings. The molecule has 0 aliphatic carbocycles. The van der Waals surface area contributed by atoms with E-state index in [1.165, 1.54) is 5.57 Å². The summed E-state index contributed by atoms with van der Waals surface area (Å²) in [6.07, 6.45) is 7.45. The van der Waals surface area contributed by atoms with Gasteiger partial charge in [0.25, 0.3) is 0 Å². The third-order valence-corrected chi connectivity index (χ3v) is 2.76. The Kier molecular flexibility index (Phi) is 6.39. The summed E-state index contributed by atoms with van der Waals surface area (Å²) in [5.41, 5.74) is 8.05. The lowest BCUT2D eigenvalue weighted by molar-refractivity contribution is 0.512. The second-order valence-corrected chi connectivity index (χ2v) is 5.37. The van der Waals surface area contributed by atoms with Crippen LogP contribution in [-0.2, 0) is 0 Å². The molecule has 0 rings (SSSR count). The molecule has 0 heterocycles. The van der Waals surface area contributed by atoms with Crippen LogP contribution in [0, 0.1) is 11.3 Å². The van der Waals surface area contributed by atoms with Crippen molar-refractivity contribution in [1.82, 2.24) is 0 Å². The van der Waals surface area contributed by atoms with Gasteiger partial charge >= 0.3 is 0 Å². The van der Waals surface area contributed by atoms with Gasteiger partial charge in [-0.05, 0) is 29.6 Å². The number of aliphatic imine (C=N–C) groups is 1. The van der Waals surface area contributed by atoms with E-state index in [4.69, 9.17) is 5.73 Å². The lowest BCUT2D eigenvalue weighted by Crippen LogP contribution is -2.18. The fourth-order valence-corrected chi connectivity index (χ4v) is 1.64. The van der Waals surface area contributed by atoms with Gasteiger partial charge in [0.2, 0.25) is 0 Å². The number of hydrogen-bond acceptors (Lipinski definition) is 1. The average molecular weight is 246 g/mol. The first kappa shape index (κ1) is 16.4. The summed E-state index contributed by atoms with van der Waals surface area (Å²) in [5, 5.41) is 0. The van der Waals surface area contributed by atoms with Crippen LogP contribution in [0.15, 0.2) is 53.7 Å². The fraction of sp³-hybridized carbons (Fsp3) is 0.438. The second kappa shape index (κ2) is 7.00. The molecule has 2 N–H and O–H groups in total. The van der Waals surface area contributed by atoms with E-state index in [1.54, 1.807) is 12.3 Å². The maximum atomic E-state index is 5.79. The molecule has 0 aliphatic heterocycles. The van der Waals surface area contributed by atoms with Crippen LogP contribution in [0.5, 0.6) is 0 Å². The Balaban J connectivity index is 4.83. The van der Waals surface area contributed by atoms with Crippen molar-refractivity contribution in [3.05, 3.63) is 48.7 Å². The monoisotopic (exact) mass is 246 g/mol. The van der Waals surface area contributed by atoms with Crippen molar-refractivity contribution in [2.45, 2.75) is 34.6 Å². The zero-order chi connectivity index (χ0) is 14.3. The smallest absolute Gasteiger partial charge is 0.106 e. The van der Waals surface area contributed by atoms with Crippen molar-refractivity contribution >= 4 is 5.84 Å². The Morgan fingerprint density at radius 3 is 2.28 bits per heavy atom. The molecular formula is C16H26N2. The normalized spacial score (nSPS) is 15.8. The fourth-order valence-electron chi connectivity index (χ4n) is 1.64. The van der Waals surface area contributed by atoms with Crippen molar-refractivity contribution in [2.75, 3.05) is 0 Å². The number of allylic oxidation sites excluding steroid dienone is 4. The summed E-state index contributed by atoms with van der Waals surface area (Å²) in [5.74, 6) is 0.651. The van der Waals surface area contributed by atoms with Crippen molar-refractivity contribution in [1.29, 1.82) is 0 Å². The molecule has 0 aromatic rings. The van der Waals surface area contributed by atoms with E-state index in [2.05, 4.69) is 45.0 Å². The zero-order valence-corrected chi connectivity index (χ0v) is 12.3. The zero-order valence-electron chi connectivity index (χ0n) is 12.3. The van der Waals surface area contributed by atoms with Crippen LogP contribution in [0.2, 0.25) is 0 Å². The molecule has 0 aromatic carbocycles. The molecular weight excluding hydrogens is 220 g/mol. The highest BCUT2D eigenvalue weighted by Crippen LogP contribution is 2.30. The molecule has 18 heavy (non-hydrogen) atoms. The van der Waals surface area contributed by atoms with E-state index in [-0.39, 0.29) is 11.3 Å². The van der Waals surface area contributed by atoms with E-state index in [1.807, 2.05) is 19.9 Å². The van der Waals surface area contributed by atoms with Gasteiger partial charge in [0.05, 0.1) is 0 Å². The van der Waals surface area contributed by atoms with Crippen LogP contribution in [0.4, 0.5) is 0 Å². The maximum absolute atomic E-state index is 5.79. The first-order chi connectivity index (χ1) is 8.23. The van der Waals surface area contributed by atoms with Crippen LogP contribution >= 0.6 is 0 Å². The Labute approximate surface area is 112 Å². The largest absolute Gasteiger partial charge is 0.387 e. The lowest BCUT2D eigenvalue weighted by atomic mass is 9.82. The average Bonchev–Trinajstić information content (AvgIpc) is 2.26. The quantitative estimate of drug-likeness (QED) is 0.335. The SMILES string of the molecule is C=CC(C)C(N)=N/C=C\C(=C)/C(=C\C)C(C)(C)C. The molecule has 0 saturated carbocycles. The third kappa shape index (κ3) is 5.17. The molecule has 2 nitrogen and oxygen atoms in total. The number of rotatable bonds is 5. The Morgan fingerprint density at radius 1 is 1.33 bits per heavy atom. The highest BCUT2D eigenvalue weighted by Gasteiger charge is 2.17. The maximum Gasteiger partial charge on any atom is 0.106 e. The van der Waals surface area contributed by atoms with Gasteiger partial charge in [-0.25, -0.2) is 4.99 Å². The van der Waals surface area contributed by atoms with E-state index >= 15 is 0 Å². The van der Waals surface area contributed by atoms with Crippen molar-refractivity contribution in [2.24, 2.45) is 22.1 Å². The molecule has 0 spiro atoms. The van der Waals surface area contributed by atoms with Gasteiger partial charge in [0.1, 0.15) is 5.84 Å². The summed E-state index contributed by atoms with van der Waals surface area (Å²) >= 11 is 0. The van der Waals surface area contributed by atoms with E-state index < -0.39 is 0 Å². The predicted octanol–water partition coefficient (Wildman–Crippen LogP) is 4.23. The molecule has 0 fully saturated rings. The third-order valence-electron chi connectivity index (χ3n) is 2.76. The molecule has 0 amide bonds. The van der Waals surface area contributed by atoms with Gasteiger partial charge in [-0.3, -0.25) is 0 Å². The standard InChI is InChI=1S/C16H26N2/c1-8-12(3)15(17)18-11-10-13(4)14(9-2)16(5,6)7/h8-12H,1,4H2,2-3,5-7H3,(H2,17,18)/b11-10-,14-9+. The first-order valence-electron chi connectivity index (χ1n) is 6.22. The van der Waals surface area contributed by atoms with E-state index in [9.17, 15) is 0 Å². The Morgan fingerprint density at radius 2 is 1.89 bits per heavy atom. The summed E-state index contributed by atoms with van der Waals surface area (Å²) in [4.78, 5) is 4.19. The summed E-state index contributed by atoms with van der Waals surface area (Å²) in [6.45, 7) is 18.2. The van der Waals surface area contributed by atoms with Crippen molar-refractivity contribution in [3.8, 4) is 0 Å². The molecule has 0 aromatic heterocycles. The highest BCUT2D eigenvalue weighted by molar-refractivity contribution is 5.84. The minimum Gasteiger partial charge on any atom is -0.387 e. The van der Waals surface area contributed by atoms with Gasteiger partial charge < -0.3 is 5.73 Å². The van der Waals surface area contributed by atoms with Gasteiger partial charge in [0.15, 0.2) is 0 Å². The molecule has 100 valence electrons. The minimum absolute atomic E-state index is 0.0832. The molecule has 1 unspecified atom stereocenters. The number of hydrogen-bond donors (Lipinski definition) is 1. The summed E-state index contributed by atoms with van der Waals surface area (Å²) in [6, 6.07) is 0. The second-order valence-electron chi connectivity index (χ2n) is 5.37. The van der Waals surface area contributed by atoms with Crippen molar-refractivity contribution in [3.63, 3.8) is 0 Å². The van der Waals surface area contributed by atoms with Crippen LogP contribution in [0.1, 0.15) is 34.6 Å². The molecule has 0 saturated heterocycles. The Hall–Kier alpha value is -1.57. The van der Waals surface area contributed by atoms with Crippen molar-refractivity contribution < 1.29 is 0 Å². The van der Waals surface area contributed by atoms with Gasteiger partial charge in [-0.2, -0.15) is 0 Å². The topological polar surface area (TPSA) is 38.4 Å². The molecule has 1 atom stereocenters. The highest BCUT2D eigenvalue weighted by atomic mass is 14.8. The van der Waals surface area contributed by atoms with E-state index in [0.717, 1.165) is 5.57 Å². The minimum atomic E-state index is 0.0832. The lowest BCUT2D eigenvalue weighted by Gasteiger charge is -2.23. The van der Waals surface area contributed by atoms with Crippen LogP contribution in [0.25, 0.3) is 0 Å². The summed E-state index contributed by atoms with van der Waals surface area (Å²) < 4.78 is 0. The van der Waals surface area contributed by atoms with Crippen LogP contribution < -0.4 is 5.73 Å². The van der Waals surface area contributed by atoms with Gasteiger partial charge in [-0.15, -0.1) is 6.58 Å². The Bertz CT molecular complexity index is 390. The molecule has 0 radical (unpaired) electrons. The van der Waals surface area contributed by atoms with Gasteiger partial charge in [-0.1, -0.05) is 46.4 Å². The molecule has 0 bridgehead atoms. The van der Waals surface area contributed by atoms with Crippen LogP contribution in [-0.4, -0.2) is 5.84 Å². The molecule has 2 heteroatoms. The number of amidine groups is 1. The van der Waals surface area contributed by atoms with E-state index in [0.29, 0.717) is 5.84 Å². The predicted molar refractivity (Wildman–Crippen MR) is 82.5 cm³/mol. The number of nitrogens with two attached hydrogens (primary N) is 1. The van der Waals surface area contributed by atoms with Crippen LogP contribution in [0.3, 0.4) is 0 Å². The first-order valence-corrected chi connectivity index (χ1v) is 6.22.